The second-order valence-corrected chi connectivity index (χ2v) is 7.43. The molecule has 1 aliphatic carbocycles. The second kappa shape index (κ2) is 9.62. The van der Waals surface area contributed by atoms with Crippen LogP contribution < -0.4 is 5.32 Å². The molecule has 1 aromatic heterocycles. The lowest BCUT2D eigenvalue weighted by Gasteiger charge is -2.26. The molecule has 1 saturated carbocycles. The fourth-order valence-electron chi connectivity index (χ4n) is 3.69. The fourth-order valence-corrected chi connectivity index (χ4v) is 3.69. The van der Waals surface area contributed by atoms with Crippen LogP contribution in [-0.4, -0.2) is 39.0 Å². The largest absolute Gasteiger partial charge is 0.340 e. The van der Waals surface area contributed by atoms with Crippen LogP contribution in [0.4, 0.5) is 5.69 Å². The molecule has 1 fully saturated rings. The van der Waals surface area contributed by atoms with Crippen molar-refractivity contribution < 1.29 is 14.2 Å². The number of hydrogen-bond donors (Lipinski definition) is 1. The number of nitrogens with zero attached hydrogens (tertiary/aromatic N) is 4. The summed E-state index contributed by atoms with van der Waals surface area (Å²) in [6.07, 6.45) is 6.53. The Kier molecular flexibility index (Phi) is 6.94. The summed E-state index contributed by atoms with van der Waals surface area (Å²) < 4.78 is 5.45. The van der Waals surface area contributed by atoms with Crippen molar-refractivity contribution in [1.82, 2.24) is 20.4 Å². The molecule has 1 amide bonds. The molecule has 0 aliphatic heterocycles. The van der Waals surface area contributed by atoms with E-state index >= 15 is 0 Å². The Hall–Kier alpha value is -3.07. The van der Waals surface area contributed by atoms with E-state index in [9.17, 15) is 14.9 Å². The summed E-state index contributed by atoms with van der Waals surface area (Å²) in [7, 11) is 0. The van der Waals surface area contributed by atoms with Crippen LogP contribution in [0.25, 0.3) is 6.08 Å². The maximum atomic E-state index is 12.6. The molecule has 1 aliphatic rings. The molecule has 9 heteroatoms. The molecular weight excluding hydrogens is 386 g/mol. The number of nitro groups is 1. The standard InChI is InChI=1S/C21H27N5O4/c1-3-25(4-2)15-19-22-20(24-30-19)21(13-5-6-14-21)23-18(27)12-9-16-7-10-17(11-8-16)26(28)29/h7-12H,3-6,13-15H2,1-2H3,(H,23,27)/b12-9-. The van der Waals surface area contributed by atoms with Gasteiger partial charge >= 0.3 is 0 Å². The van der Waals surface area contributed by atoms with Crippen LogP contribution >= 0.6 is 0 Å². The highest BCUT2D eigenvalue weighted by atomic mass is 16.6. The van der Waals surface area contributed by atoms with Gasteiger partial charge in [-0.25, -0.2) is 0 Å². The first kappa shape index (κ1) is 21.6. The molecule has 0 bridgehead atoms. The summed E-state index contributed by atoms with van der Waals surface area (Å²) in [6, 6.07) is 6.03. The Labute approximate surface area is 175 Å². The lowest BCUT2D eigenvalue weighted by Crippen LogP contribution is -2.44. The highest BCUT2D eigenvalue weighted by molar-refractivity contribution is 5.92. The van der Waals surface area contributed by atoms with Gasteiger partial charge in [-0.15, -0.1) is 0 Å². The highest BCUT2D eigenvalue weighted by Crippen LogP contribution is 2.37. The zero-order valence-electron chi connectivity index (χ0n) is 17.3. The number of nitro benzene ring substituents is 1. The van der Waals surface area contributed by atoms with E-state index in [-0.39, 0.29) is 11.6 Å². The van der Waals surface area contributed by atoms with Crippen LogP contribution in [0.15, 0.2) is 34.9 Å². The number of carbonyl (C=O) groups is 1. The molecule has 0 spiro atoms. The third-order valence-corrected chi connectivity index (χ3v) is 5.50. The van der Waals surface area contributed by atoms with Crippen molar-refractivity contribution in [2.24, 2.45) is 0 Å². The van der Waals surface area contributed by atoms with Gasteiger partial charge < -0.3 is 9.84 Å². The van der Waals surface area contributed by atoms with Gasteiger partial charge in [0.15, 0.2) is 5.82 Å². The molecule has 1 heterocycles. The Balaban J connectivity index is 1.69. The number of rotatable bonds is 9. The lowest BCUT2D eigenvalue weighted by atomic mass is 9.96. The minimum atomic E-state index is -0.623. The predicted octanol–water partition coefficient (Wildman–Crippen LogP) is 3.42. The van der Waals surface area contributed by atoms with Gasteiger partial charge in [0.2, 0.25) is 11.8 Å². The molecule has 0 atom stereocenters. The molecule has 1 aromatic carbocycles. The smallest absolute Gasteiger partial charge is 0.269 e. The first-order valence-corrected chi connectivity index (χ1v) is 10.3. The van der Waals surface area contributed by atoms with Gasteiger partial charge in [-0.05, 0) is 49.7 Å². The summed E-state index contributed by atoms with van der Waals surface area (Å²) in [5.74, 6) is 0.820. The number of carbonyl (C=O) groups excluding carboxylic acids is 1. The monoisotopic (exact) mass is 413 g/mol. The van der Waals surface area contributed by atoms with Crippen LogP contribution in [0.5, 0.6) is 0 Å². The minimum Gasteiger partial charge on any atom is -0.340 e. The Bertz CT molecular complexity index is 896. The van der Waals surface area contributed by atoms with E-state index in [0.29, 0.717) is 23.8 Å². The number of non-ortho nitro benzene ring substituents is 1. The number of hydrogen-bond acceptors (Lipinski definition) is 7. The van der Waals surface area contributed by atoms with Crippen LogP contribution in [0.3, 0.4) is 0 Å². The quantitative estimate of drug-likeness (QED) is 0.380. The molecular formula is C21H27N5O4. The average molecular weight is 413 g/mol. The number of nitrogens with one attached hydrogen (secondary N) is 1. The lowest BCUT2D eigenvalue weighted by molar-refractivity contribution is -0.384. The van der Waals surface area contributed by atoms with Crippen LogP contribution in [0.1, 0.15) is 56.8 Å². The van der Waals surface area contributed by atoms with Gasteiger partial charge in [0.25, 0.3) is 5.69 Å². The summed E-state index contributed by atoms with van der Waals surface area (Å²) in [6.45, 7) is 6.53. The normalized spacial score (nSPS) is 15.7. The van der Waals surface area contributed by atoms with Gasteiger partial charge in [-0.1, -0.05) is 31.8 Å². The van der Waals surface area contributed by atoms with Crippen LogP contribution in [0, 0.1) is 10.1 Å². The Morgan fingerprint density at radius 2 is 1.93 bits per heavy atom. The van der Waals surface area contributed by atoms with Crippen molar-refractivity contribution in [3.63, 3.8) is 0 Å². The second-order valence-electron chi connectivity index (χ2n) is 7.43. The summed E-state index contributed by atoms with van der Waals surface area (Å²) in [5.41, 5.74) is 0.0958. The van der Waals surface area contributed by atoms with Crippen molar-refractivity contribution >= 4 is 17.7 Å². The van der Waals surface area contributed by atoms with E-state index in [2.05, 4.69) is 34.2 Å². The van der Waals surface area contributed by atoms with Crippen LogP contribution in [-0.2, 0) is 16.9 Å². The van der Waals surface area contributed by atoms with Crippen molar-refractivity contribution in [2.75, 3.05) is 13.1 Å². The maximum Gasteiger partial charge on any atom is 0.269 e. The van der Waals surface area contributed by atoms with Crippen molar-refractivity contribution in [3.8, 4) is 0 Å². The first-order valence-electron chi connectivity index (χ1n) is 10.3. The molecule has 0 unspecified atom stereocenters. The van der Waals surface area contributed by atoms with E-state index in [1.807, 2.05) is 0 Å². The van der Waals surface area contributed by atoms with E-state index in [1.54, 1.807) is 18.2 Å². The van der Waals surface area contributed by atoms with Crippen LogP contribution in [0.2, 0.25) is 0 Å². The van der Waals surface area contributed by atoms with Crippen molar-refractivity contribution in [3.05, 3.63) is 57.7 Å². The summed E-state index contributed by atoms with van der Waals surface area (Å²) in [4.78, 5) is 29.6. The van der Waals surface area contributed by atoms with Gasteiger partial charge in [0.1, 0.15) is 5.54 Å². The molecule has 0 saturated heterocycles. The average Bonchev–Trinajstić information content (AvgIpc) is 3.41. The number of aromatic nitrogens is 2. The molecule has 1 N–H and O–H groups in total. The number of amides is 1. The molecule has 0 radical (unpaired) electrons. The third kappa shape index (κ3) is 5.10. The van der Waals surface area contributed by atoms with E-state index in [1.165, 1.54) is 18.2 Å². The summed E-state index contributed by atoms with van der Waals surface area (Å²) >= 11 is 0. The predicted molar refractivity (Wildman–Crippen MR) is 111 cm³/mol. The molecule has 160 valence electrons. The van der Waals surface area contributed by atoms with Crippen molar-refractivity contribution in [2.45, 2.75) is 51.6 Å². The van der Waals surface area contributed by atoms with Gasteiger partial charge in [-0.2, -0.15) is 4.98 Å². The highest BCUT2D eigenvalue weighted by Gasteiger charge is 2.41. The van der Waals surface area contributed by atoms with Gasteiger partial charge in [-0.3, -0.25) is 19.8 Å². The number of benzene rings is 1. The SMILES string of the molecule is CCN(CC)Cc1nc(C2(NC(=O)/C=C\c3ccc([N+](=O)[O-])cc3)CCCC2)no1. The Morgan fingerprint density at radius 3 is 2.53 bits per heavy atom. The van der Waals surface area contributed by atoms with Gasteiger partial charge in [0.05, 0.1) is 11.5 Å². The fraction of sp³-hybridized carbons (Fsp3) is 0.476. The topological polar surface area (TPSA) is 114 Å². The first-order chi connectivity index (χ1) is 14.5. The summed E-state index contributed by atoms with van der Waals surface area (Å²) in [5, 5.41) is 18.0. The zero-order chi connectivity index (χ0) is 21.6. The zero-order valence-corrected chi connectivity index (χ0v) is 17.3. The molecule has 9 nitrogen and oxygen atoms in total. The van der Waals surface area contributed by atoms with Crippen molar-refractivity contribution in [1.29, 1.82) is 0 Å². The van der Waals surface area contributed by atoms with E-state index in [0.717, 1.165) is 38.8 Å². The van der Waals surface area contributed by atoms with E-state index < -0.39 is 10.5 Å². The third-order valence-electron chi connectivity index (χ3n) is 5.50. The maximum absolute atomic E-state index is 12.6. The molecule has 3 rings (SSSR count). The molecule has 30 heavy (non-hydrogen) atoms. The molecule has 2 aromatic rings. The Morgan fingerprint density at radius 1 is 1.27 bits per heavy atom. The minimum absolute atomic E-state index is 0.0131. The van der Waals surface area contributed by atoms with E-state index in [4.69, 9.17) is 4.52 Å². The van der Waals surface area contributed by atoms with Gasteiger partial charge in [0, 0.05) is 18.2 Å².